The van der Waals surface area contributed by atoms with Gasteiger partial charge in [0.05, 0.1) is 24.2 Å². The van der Waals surface area contributed by atoms with Crippen LogP contribution in [-0.2, 0) is 18.8 Å². The lowest BCUT2D eigenvalue weighted by Crippen LogP contribution is -2.41. The van der Waals surface area contributed by atoms with Gasteiger partial charge in [-0.05, 0) is 58.1 Å². The number of piperidine rings is 1. The highest BCUT2D eigenvalue weighted by Crippen LogP contribution is 2.36. The summed E-state index contributed by atoms with van der Waals surface area (Å²) in [7, 11) is 1.11. The fourth-order valence-electron chi connectivity index (χ4n) is 3.39. The lowest BCUT2D eigenvalue weighted by atomic mass is 9.79. The summed E-state index contributed by atoms with van der Waals surface area (Å²) in [4.78, 5) is 14.1. The summed E-state index contributed by atoms with van der Waals surface area (Å²) >= 11 is 0. The molecule has 3 rings (SSSR count). The molecular weight excluding hydrogens is 317 g/mol. The van der Waals surface area contributed by atoms with Gasteiger partial charge in [0.1, 0.15) is 0 Å². The zero-order chi connectivity index (χ0) is 18.2. The van der Waals surface area contributed by atoms with Crippen LogP contribution in [0.2, 0.25) is 0 Å². The molecule has 2 fully saturated rings. The Bertz CT molecular complexity index is 613. The first-order valence-corrected chi connectivity index (χ1v) is 9.02. The van der Waals surface area contributed by atoms with E-state index in [-0.39, 0.29) is 30.2 Å². The Morgan fingerprint density at radius 3 is 2.32 bits per heavy atom. The Kier molecular flexibility index (Phi) is 4.86. The van der Waals surface area contributed by atoms with E-state index in [2.05, 4.69) is 56.9 Å². The van der Waals surface area contributed by atoms with E-state index in [1.807, 2.05) is 0 Å². The molecule has 0 aromatic heterocycles. The number of nitrogens with zero attached hydrogens (tertiary/aromatic N) is 1. The van der Waals surface area contributed by atoms with Gasteiger partial charge >= 0.3 is 13.1 Å². The first-order valence-electron chi connectivity index (χ1n) is 9.02. The number of benzene rings is 1. The average Bonchev–Trinajstić information content (AvgIpc) is 2.82. The summed E-state index contributed by atoms with van der Waals surface area (Å²) in [6, 6.07) is 8.28. The minimum atomic E-state index is -0.344. The maximum absolute atomic E-state index is 11.8. The molecule has 0 unspecified atom stereocenters. The topological polar surface area (TPSA) is 48.0 Å². The molecule has 0 N–H and O–H groups in total. The second-order valence-corrected chi connectivity index (χ2v) is 7.99. The highest BCUT2D eigenvalue weighted by atomic mass is 16.7. The monoisotopic (exact) mass is 345 g/mol. The van der Waals surface area contributed by atoms with Gasteiger partial charge in [0.15, 0.2) is 0 Å². The third kappa shape index (κ3) is 3.56. The molecule has 0 saturated carbocycles. The number of carbonyl (C=O) groups is 1. The molecule has 0 amide bonds. The van der Waals surface area contributed by atoms with Crippen LogP contribution >= 0.6 is 0 Å². The molecular formula is C19H28BNO4. The van der Waals surface area contributed by atoms with Crippen molar-refractivity contribution < 1.29 is 18.8 Å². The summed E-state index contributed by atoms with van der Waals surface area (Å²) in [5.41, 5.74) is 1.46. The molecule has 1 aromatic carbocycles. The van der Waals surface area contributed by atoms with E-state index in [0.29, 0.717) is 6.54 Å². The minimum absolute atomic E-state index is 0.0403. The van der Waals surface area contributed by atoms with Gasteiger partial charge in [-0.15, -0.1) is 0 Å². The molecule has 1 aromatic rings. The normalized spacial score (nSPS) is 25.1. The quantitative estimate of drug-likeness (QED) is 0.622. The van der Waals surface area contributed by atoms with Gasteiger partial charge in [-0.1, -0.05) is 12.1 Å². The van der Waals surface area contributed by atoms with Crippen molar-refractivity contribution >= 4 is 24.2 Å². The number of anilines is 1. The van der Waals surface area contributed by atoms with Crippen molar-refractivity contribution in [2.24, 2.45) is 5.92 Å². The van der Waals surface area contributed by atoms with Crippen molar-refractivity contribution in [2.75, 3.05) is 25.1 Å². The Balaban J connectivity index is 1.70. The number of esters is 1. The van der Waals surface area contributed by atoms with Crippen molar-refractivity contribution in [3.63, 3.8) is 0 Å². The second-order valence-electron chi connectivity index (χ2n) is 7.99. The largest absolute Gasteiger partial charge is 0.494 e. The zero-order valence-corrected chi connectivity index (χ0v) is 15.9. The predicted molar refractivity (Wildman–Crippen MR) is 99.1 cm³/mol. The Morgan fingerprint density at radius 2 is 1.76 bits per heavy atom. The van der Waals surface area contributed by atoms with Crippen LogP contribution in [0, 0.1) is 5.92 Å². The standard InChI is InChI=1S/C19H28BNO4/c1-18(2)19(3,4)25-20(24-18)15-8-10-16(11-9-15)21-12-6-7-14(13-21)17(22)23-5/h8-11,14H,6-7,12-13H2,1-5H3/t14-/m0/s1. The number of ether oxygens (including phenoxy) is 1. The smallest absolute Gasteiger partial charge is 0.469 e. The van der Waals surface area contributed by atoms with E-state index in [9.17, 15) is 4.79 Å². The molecule has 2 saturated heterocycles. The minimum Gasteiger partial charge on any atom is -0.469 e. The van der Waals surface area contributed by atoms with Crippen molar-refractivity contribution in [1.29, 1.82) is 0 Å². The van der Waals surface area contributed by atoms with Crippen LogP contribution < -0.4 is 10.4 Å². The molecule has 25 heavy (non-hydrogen) atoms. The number of rotatable bonds is 3. The van der Waals surface area contributed by atoms with Crippen molar-refractivity contribution in [2.45, 2.75) is 51.7 Å². The number of hydrogen-bond donors (Lipinski definition) is 0. The van der Waals surface area contributed by atoms with Crippen LogP contribution in [0.1, 0.15) is 40.5 Å². The highest BCUT2D eigenvalue weighted by molar-refractivity contribution is 6.62. The summed E-state index contributed by atoms with van der Waals surface area (Å²) in [5, 5.41) is 0. The molecule has 0 radical (unpaired) electrons. The molecule has 0 spiro atoms. The zero-order valence-electron chi connectivity index (χ0n) is 15.9. The third-order valence-electron chi connectivity index (χ3n) is 5.74. The maximum Gasteiger partial charge on any atom is 0.494 e. The maximum atomic E-state index is 11.8. The van der Waals surface area contributed by atoms with E-state index in [4.69, 9.17) is 14.0 Å². The van der Waals surface area contributed by atoms with E-state index in [0.717, 1.165) is 30.5 Å². The fourth-order valence-corrected chi connectivity index (χ4v) is 3.39. The van der Waals surface area contributed by atoms with Crippen molar-refractivity contribution in [3.8, 4) is 0 Å². The molecule has 1 atom stereocenters. The molecule has 2 heterocycles. The first kappa shape index (κ1) is 18.3. The summed E-state index contributed by atoms with van der Waals surface area (Å²) < 4.78 is 17.1. The van der Waals surface area contributed by atoms with Gasteiger partial charge in [-0.2, -0.15) is 0 Å². The fraction of sp³-hybridized carbons (Fsp3) is 0.632. The van der Waals surface area contributed by atoms with E-state index < -0.39 is 0 Å². The molecule has 5 nitrogen and oxygen atoms in total. The number of hydrogen-bond acceptors (Lipinski definition) is 5. The van der Waals surface area contributed by atoms with E-state index in [1.54, 1.807) is 0 Å². The molecule has 2 aliphatic rings. The Morgan fingerprint density at radius 1 is 1.16 bits per heavy atom. The van der Waals surface area contributed by atoms with Crippen LogP contribution in [-0.4, -0.2) is 44.5 Å². The summed E-state index contributed by atoms with van der Waals surface area (Å²) in [6.07, 6.45) is 1.90. The molecule has 136 valence electrons. The SMILES string of the molecule is COC(=O)[C@H]1CCCN(c2ccc(B3OC(C)(C)C(C)(C)O3)cc2)C1. The van der Waals surface area contributed by atoms with Crippen LogP contribution in [0.4, 0.5) is 5.69 Å². The van der Waals surface area contributed by atoms with Crippen LogP contribution in [0.5, 0.6) is 0 Å². The Labute approximate surface area is 150 Å². The van der Waals surface area contributed by atoms with Gasteiger partial charge < -0.3 is 18.9 Å². The van der Waals surface area contributed by atoms with Crippen molar-refractivity contribution in [3.05, 3.63) is 24.3 Å². The van der Waals surface area contributed by atoms with E-state index >= 15 is 0 Å². The predicted octanol–water partition coefficient (Wildman–Crippen LogP) is 2.38. The van der Waals surface area contributed by atoms with Crippen molar-refractivity contribution in [1.82, 2.24) is 0 Å². The first-order chi connectivity index (χ1) is 11.7. The van der Waals surface area contributed by atoms with Gasteiger partial charge in [-0.3, -0.25) is 4.79 Å². The molecule has 6 heteroatoms. The molecule has 0 bridgehead atoms. The van der Waals surface area contributed by atoms with Gasteiger partial charge in [-0.25, -0.2) is 0 Å². The van der Waals surface area contributed by atoms with Gasteiger partial charge in [0.2, 0.25) is 0 Å². The van der Waals surface area contributed by atoms with Crippen LogP contribution in [0.3, 0.4) is 0 Å². The number of carbonyl (C=O) groups excluding carboxylic acids is 1. The van der Waals surface area contributed by atoms with Crippen LogP contribution in [0.25, 0.3) is 0 Å². The lowest BCUT2D eigenvalue weighted by Gasteiger charge is -2.33. The second kappa shape index (κ2) is 6.65. The molecule has 2 aliphatic heterocycles. The van der Waals surface area contributed by atoms with Gasteiger partial charge in [0, 0.05) is 18.8 Å². The third-order valence-corrected chi connectivity index (χ3v) is 5.74. The molecule has 0 aliphatic carbocycles. The lowest BCUT2D eigenvalue weighted by molar-refractivity contribution is -0.145. The summed E-state index contributed by atoms with van der Waals surface area (Å²) in [5.74, 6) is -0.153. The number of methoxy groups -OCH3 is 1. The van der Waals surface area contributed by atoms with Crippen LogP contribution in [0.15, 0.2) is 24.3 Å². The van der Waals surface area contributed by atoms with Gasteiger partial charge in [0.25, 0.3) is 0 Å². The average molecular weight is 345 g/mol. The summed E-state index contributed by atoms with van der Waals surface area (Å²) in [6.45, 7) is 9.90. The van der Waals surface area contributed by atoms with E-state index in [1.165, 1.54) is 7.11 Å². The Hall–Kier alpha value is -1.53. The highest BCUT2D eigenvalue weighted by Gasteiger charge is 2.51.